The first-order valence-electron chi connectivity index (χ1n) is 6.06. The lowest BCUT2D eigenvalue weighted by Crippen LogP contribution is -2.29. The Labute approximate surface area is 113 Å². The van der Waals surface area contributed by atoms with Gasteiger partial charge in [-0.1, -0.05) is 0 Å². The number of hydrogen-bond donors (Lipinski definition) is 0. The van der Waals surface area contributed by atoms with E-state index < -0.39 is 21.1 Å². The van der Waals surface area contributed by atoms with Crippen molar-refractivity contribution in [2.45, 2.75) is 30.9 Å². The number of carbonyl (C=O) groups is 1. The molecule has 0 aromatic heterocycles. The molecule has 0 radical (unpaired) electrons. The first-order valence-corrected chi connectivity index (χ1v) is 7.61. The molecule has 6 heteroatoms. The van der Waals surface area contributed by atoms with Gasteiger partial charge in [0, 0.05) is 0 Å². The smallest absolute Gasteiger partial charge is 0.324 e. The van der Waals surface area contributed by atoms with E-state index in [2.05, 4.69) is 0 Å². The van der Waals surface area contributed by atoms with E-state index in [9.17, 15) is 13.2 Å². The summed E-state index contributed by atoms with van der Waals surface area (Å²) >= 11 is 0. The van der Waals surface area contributed by atoms with Gasteiger partial charge in [-0.2, -0.15) is 0 Å². The van der Waals surface area contributed by atoms with Gasteiger partial charge in [0.1, 0.15) is 5.75 Å². The van der Waals surface area contributed by atoms with Gasteiger partial charge in [0.2, 0.25) is 0 Å². The molecule has 106 valence electrons. The zero-order valence-electron chi connectivity index (χ0n) is 11.3. The molecule has 0 aliphatic rings. The van der Waals surface area contributed by atoms with Gasteiger partial charge in [-0.25, -0.2) is 8.42 Å². The lowest BCUT2D eigenvalue weighted by atomic mass is 10.3. The maximum absolute atomic E-state index is 12.2. The maximum atomic E-state index is 12.2. The van der Waals surface area contributed by atoms with E-state index >= 15 is 0 Å². The van der Waals surface area contributed by atoms with Crippen molar-refractivity contribution < 1.29 is 22.7 Å². The summed E-state index contributed by atoms with van der Waals surface area (Å²) < 4.78 is 34.3. The van der Waals surface area contributed by atoms with E-state index in [0.717, 1.165) is 0 Å². The number of rotatable bonds is 6. The Morgan fingerprint density at radius 3 is 2.21 bits per heavy atom. The number of sulfone groups is 1. The Balaban J connectivity index is 2.96. The average molecular weight is 286 g/mol. The highest BCUT2D eigenvalue weighted by atomic mass is 32.2. The quantitative estimate of drug-likeness (QED) is 0.746. The van der Waals surface area contributed by atoms with Crippen LogP contribution in [0, 0.1) is 0 Å². The number of ether oxygens (including phenoxy) is 2. The lowest BCUT2D eigenvalue weighted by molar-refractivity contribution is -0.142. The van der Waals surface area contributed by atoms with E-state index in [1.807, 2.05) is 6.92 Å². The van der Waals surface area contributed by atoms with Crippen LogP contribution in [-0.4, -0.2) is 32.9 Å². The highest BCUT2D eigenvalue weighted by Gasteiger charge is 2.30. The van der Waals surface area contributed by atoms with Crippen LogP contribution in [0.1, 0.15) is 20.8 Å². The van der Waals surface area contributed by atoms with Crippen LogP contribution in [0.5, 0.6) is 5.75 Å². The second-order valence-electron chi connectivity index (χ2n) is 3.84. The summed E-state index contributed by atoms with van der Waals surface area (Å²) in [5, 5.41) is -1.22. The van der Waals surface area contributed by atoms with Crippen LogP contribution in [0.3, 0.4) is 0 Å². The monoisotopic (exact) mass is 286 g/mol. The van der Waals surface area contributed by atoms with Crippen LogP contribution in [0.4, 0.5) is 0 Å². The minimum Gasteiger partial charge on any atom is -0.494 e. The van der Waals surface area contributed by atoms with Gasteiger partial charge in [-0.3, -0.25) is 4.79 Å². The summed E-state index contributed by atoms with van der Waals surface area (Å²) in [7, 11) is -3.72. The normalized spacial score (nSPS) is 12.8. The highest BCUT2D eigenvalue weighted by molar-refractivity contribution is 7.92. The van der Waals surface area contributed by atoms with E-state index in [-0.39, 0.29) is 11.5 Å². The van der Waals surface area contributed by atoms with E-state index in [4.69, 9.17) is 9.47 Å². The zero-order chi connectivity index (χ0) is 14.5. The molecule has 0 heterocycles. The van der Waals surface area contributed by atoms with Crippen LogP contribution in [0.25, 0.3) is 0 Å². The summed E-state index contributed by atoms with van der Waals surface area (Å²) in [5.74, 6) is -0.151. The molecule has 1 aromatic rings. The second kappa shape index (κ2) is 6.56. The van der Waals surface area contributed by atoms with Crippen molar-refractivity contribution in [1.82, 2.24) is 0 Å². The fourth-order valence-electron chi connectivity index (χ4n) is 1.48. The molecule has 0 bridgehead atoms. The van der Waals surface area contributed by atoms with E-state index in [1.165, 1.54) is 19.1 Å². The van der Waals surface area contributed by atoms with Crippen molar-refractivity contribution in [3.63, 3.8) is 0 Å². The molecule has 0 aliphatic carbocycles. The number of carbonyl (C=O) groups excluding carboxylic acids is 1. The lowest BCUT2D eigenvalue weighted by Gasteiger charge is -2.12. The Hall–Kier alpha value is -1.56. The minimum atomic E-state index is -3.72. The van der Waals surface area contributed by atoms with Crippen LogP contribution >= 0.6 is 0 Å². The third kappa shape index (κ3) is 3.70. The third-order valence-electron chi connectivity index (χ3n) is 2.55. The molecule has 0 spiro atoms. The molecule has 0 fully saturated rings. The third-order valence-corrected chi connectivity index (χ3v) is 4.60. The van der Waals surface area contributed by atoms with Crippen molar-refractivity contribution in [2.75, 3.05) is 13.2 Å². The van der Waals surface area contributed by atoms with Crippen molar-refractivity contribution >= 4 is 15.8 Å². The average Bonchev–Trinajstić information content (AvgIpc) is 2.39. The molecule has 0 amide bonds. The van der Waals surface area contributed by atoms with Gasteiger partial charge >= 0.3 is 5.97 Å². The maximum Gasteiger partial charge on any atom is 0.324 e. The standard InChI is InChI=1S/C13H18O5S/c1-4-17-11-6-8-12(9-7-11)19(15,16)10(3)13(14)18-5-2/h6-10H,4-5H2,1-3H3. The van der Waals surface area contributed by atoms with Crippen LogP contribution in [0.2, 0.25) is 0 Å². The van der Waals surface area contributed by atoms with Crippen LogP contribution in [0.15, 0.2) is 29.2 Å². The Morgan fingerprint density at radius 2 is 1.74 bits per heavy atom. The van der Waals surface area contributed by atoms with Gasteiger partial charge in [0.15, 0.2) is 15.1 Å². The molecule has 1 atom stereocenters. The van der Waals surface area contributed by atoms with Gasteiger partial charge in [-0.05, 0) is 45.0 Å². The summed E-state index contributed by atoms with van der Waals surface area (Å²) in [4.78, 5) is 11.6. The van der Waals surface area contributed by atoms with Crippen molar-refractivity contribution in [1.29, 1.82) is 0 Å². The van der Waals surface area contributed by atoms with Gasteiger partial charge in [-0.15, -0.1) is 0 Å². The van der Waals surface area contributed by atoms with E-state index in [0.29, 0.717) is 12.4 Å². The second-order valence-corrected chi connectivity index (χ2v) is 6.11. The first-order chi connectivity index (χ1) is 8.93. The van der Waals surface area contributed by atoms with Gasteiger partial charge < -0.3 is 9.47 Å². The predicted octanol–water partition coefficient (Wildman–Crippen LogP) is 1.81. The number of hydrogen-bond acceptors (Lipinski definition) is 5. The highest BCUT2D eigenvalue weighted by Crippen LogP contribution is 2.20. The fraction of sp³-hybridized carbons (Fsp3) is 0.462. The predicted molar refractivity (Wildman–Crippen MR) is 70.9 cm³/mol. The van der Waals surface area contributed by atoms with Crippen LogP contribution in [-0.2, 0) is 19.4 Å². The molecule has 0 aliphatic heterocycles. The largest absolute Gasteiger partial charge is 0.494 e. The Morgan fingerprint density at radius 1 is 1.16 bits per heavy atom. The van der Waals surface area contributed by atoms with Crippen LogP contribution < -0.4 is 4.74 Å². The SMILES string of the molecule is CCOC(=O)C(C)S(=O)(=O)c1ccc(OCC)cc1. The van der Waals surface area contributed by atoms with Crippen molar-refractivity contribution in [3.05, 3.63) is 24.3 Å². The summed E-state index contributed by atoms with van der Waals surface area (Å²) in [6.07, 6.45) is 0. The molecule has 1 unspecified atom stereocenters. The first kappa shape index (κ1) is 15.5. The molecular formula is C13H18O5S. The molecule has 0 saturated carbocycles. The molecule has 0 saturated heterocycles. The molecule has 1 aromatic carbocycles. The van der Waals surface area contributed by atoms with Crippen molar-refractivity contribution in [2.24, 2.45) is 0 Å². The Bertz CT molecular complexity index is 518. The van der Waals surface area contributed by atoms with Gasteiger partial charge in [0.05, 0.1) is 18.1 Å². The fourth-order valence-corrected chi connectivity index (χ4v) is 2.73. The summed E-state index contributed by atoms with van der Waals surface area (Å²) in [6.45, 7) is 5.46. The molecule has 19 heavy (non-hydrogen) atoms. The number of benzene rings is 1. The molecule has 0 N–H and O–H groups in total. The topological polar surface area (TPSA) is 69.7 Å². The molecule has 5 nitrogen and oxygen atoms in total. The minimum absolute atomic E-state index is 0.0801. The Kier molecular flexibility index (Phi) is 5.35. The summed E-state index contributed by atoms with van der Waals surface area (Å²) in [6, 6.07) is 5.98. The zero-order valence-corrected chi connectivity index (χ0v) is 12.1. The van der Waals surface area contributed by atoms with E-state index in [1.54, 1.807) is 19.1 Å². The van der Waals surface area contributed by atoms with Crippen molar-refractivity contribution in [3.8, 4) is 5.75 Å². The van der Waals surface area contributed by atoms with Gasteiger partial charge in [0.25, 0.3) is 0 Å². The summed E-state index contributed by atoms with van der Waals surface area (Å²) in [5.41, 5.74) is 0. The molecule has 1 rings (SSSR count). The molecular weight excluding hydrogens is 268 g/mol. The number of esters is 1.